The zero-order chi connectivity index (χ0) is 21.7. The van der Waals surface area contributed by atoms with Crippen LogP contribution in [0.3, 0.4) is 0 Å². The van der Waals surface area contributed by atoms with Crippen molar-refractivity contribution in [3.63, 3.8) is 0 Å². The van der Waals surface area contributed by atoms with Crippen LogP contribution in [0.4, 0.5) is 10.7 Å². The summed E-state index contributed by atoms with van der Waals surface area (Å²) >= 11 is 7.08. The van der Waals surface area contributed by atoms with Gasteiger partial charge in [0.15, 0.2) is 16.6 Å². The summed E-state index contributed by atoms with van der Waals surface area (Å²) in [6.45, 7) is 0. The molecule has 0 saturated heterocycles. The van der Waals surface area contributed by atoms with Crippen molar-refractivity contribution in [1.82, 2.24) is 0 Å². The van der Waals surface area contributed by atoms with Crippen molar-refractivity contribution < 1.29 is 23.7 Å². The molecular weight excluding hydrogens is 424 g/mol. The van der Waals surface area contributed by atoms with Crippen LogP contribution in [0.1, 0.15) is 40.1 Å². The van der Waals surface area contributed by atoms with Crippen molar-refractivity contribution in [2.45, 2.75) is 32.1 Å². The molecule has 0 spiro atoms. The van der Waals surface area contributed by atoms with Gasteiger partial charge in [-0.05, 0) is 43.5 Å². The highest BCUT2D eigenvalue weighted by atomic mass is 32.1. The predicted molar refractivity (Wildman–Crippen MR) is 123 cm³/mol. The fraction of sp³-hybridized carbons (Fsp3) is 0.429. The summed E-state index contributed by atoms with van der Waals surface area (Å²) in [5.74, 6) is 1.19. The van der Waals surface area contributed by atoms with E-state index in [9.17, 15) is 4.79 Å². The molecule has 0 fully saturated rings. The number of carbonyl (C=O) groups excluding carboxylic acids is 1. The molecule has 1 aliphatic carbocycles. The first kappa shape index (κ1) is 22.2. The number of aryl methyl sites for hydroxylation is 1. The molecule has 2 aromatic rings. The summed E-state index contributed by atoms with van der Waals surface area (Å²) < 4.78 is 21.2. The van der Waals surface area contributed by atoms with Gasteiger partial charge in [-0.15, -0.1) is 11.3 Å². The first-order valence-corrected chi connectivity index (χ1v) is 10.9. The minimum absolute atomic E-state index is 0.340. The Morgan fingerprint density at radius 1 is 0.967 bits per heavy atom. The smallest absolute Gasteiger partial charge is 0.341 e. The number of rotatable bonds is 6. The third-order valence-corrected chi connectivity index (χ3v) is 6.37. The molecule has 0 unspecified atom stereocenters. The molecule has 3 rings (SSSR count). The van der Waals surface area contributed by atoms with E-state index in [0.717, 1.165) is 31.2 Å². The van der Waals surface area contributed by atoms with Crippen molar-refractivity contribution >= 4 is 45.3 Å². The van der Waals surface area contributed by atoms with Gasteiger partial charge in [-0.2, -0.15) is 0 Å². The van der Waals surface area contributed by atoms with Gasteiger partial charge in [0.25, 0.3) is 0 Å². The monoisotopic (exact) mass is 450 g/mol. The van der Waals surface area contributed by atoms with Crippen LogP contribution in [0.5, 0.6) is 17.2 Å². The molecule has 0 aliphatic heterocycles. The summed E-state index contributed by atoms with van der Waals surface area (Å²) in [6.07, 6.45) is 5.22. The largest absolute Gasteiger partial charge is 0.493 e. The van der Waals surface area contributed by atoms with E-state index in [1.54, 1.807) is 44.8 Å². The SMILES string of the molecule is COC(=O)c1c(NC(=S)Nc2cc(OC)c(OC)c(OC)c2)sc2c1CCCCC2. The van der Waals surface area contributed by atoms with Crippen LogP contribution in [0.25, 0.3) is 0 Å². The number of benzene rings is 1. The van der Waals surface area contributed by atoms with Gasteiger partial charge in [-0.3, -0.25) is 0 Å². The first-order valence-electron chi connectivity index (χ1n) is 9.63. The van der Waals surface area contributed by atoms with Gasteiger partial charge in [-0.1, -0.05) is 6.42 Å². The second-order valence-electron chi connectivity index (χ2n) is 6.75. The lowest BCUT2D eigenvalue weighted by Gasteiger charge is -2.16. The molecule has 0 atom stereocenters. The Hall–Kier alpha value is -2.52. The van der Waals surface area contributed by atoms with E-state index in [-0.39, 0.29) is 5.97 Å². The topological polar surface area (TPSA) is 78.1 Å². The molecule has 1 heterocycles. The Labute approximate surface area is 185 Å². The Kier molecular flexibility index (Phi) is 7.38. The highest BCUT2D eigenvalue weighted by molar-refractivity contribution is 7.80. The van der Waals surface area contributed by atoms with Gasteiger partial charge in [0.2, 0.25) is 5.75 Å². The molecule has 0 amide bonds. The maximum atomic E-state index is 12.5. The Balaban J connectivity index is 1.86. The number of anilines is 2. The lowest BCUT2D eigenvalue weighted by atomic mass is 10.1. The quantitative estimate of drug-likeness (QED) is 0.374. The molecule has 9 heteroatoms. The molecule has 0 radical (unpaired) electrons. The maximum absolute atomic E-state index is 12.5. The fourth-order valence-corrected chi connectivity index (χ4v) is 5.13. The summed E-state index contributed by atoms with van der Waals surface area (Å²) in [4.78, 5) is 13.7. The lowest BCUT2D eigenvalue weighted by Crippen LogP contribution is -2.20. The van der Waals surface area contributed by atoms with E-state index in [2.05, 4.69) is 10.6 Å². The fourth-order valence-electron chi connectivity index (χ4n) is 3.57. The summed E-state index contributed by atoms with van der Waals surface area (Å²) in [7, 11) is 6.06. The lowest BCUT2D eigenvalue weighted by molar-refractivity contribution is 0.0601. The highest BCUT2D eigenvalue weighted by Crippen LogP contribution is 2.41. The van der Waals surface area contributed by atoms with Crippen LogP contribution in [0.2, 0.25) is 0 Å². The van der Waals surface area contributed by atoms with Crippen molar-refractivity contribution in [1.29, 1.82) is 0 Å². The number of ether oxygens (including phenoxy) is 4. The minimum atomic E-state index is -0.340. The van der Waals surface area contributed by atoms with Crippen molar-refractivity contribution in [3.05, 3.63) is 28.1 Å². The molecular formula is C21H26N2O5S2. The van der Waals surface area contributed by atoms with Crippen LogP contribution in [0.15, 0.2) is 12.1 Å². The maximum Gasteiger partial charge on any atom is 0.341 e. The third kappa shape index (κ3) is 4.62. The van der Waals surface area contributed by atoms with Crippen LogP contribution < -0.4 is 24.8 Å². The minimum Gasteiger partial charge on any atom is -0.493 e. The molecule has 162 valence electrons. The zero-order valence-corrected chi connectivity index (χ0v) is 19.2. The van der Waals surface area contributed by atoms with Gasteiger partial charge in [0.1, 0.15) is 5.00 Å². The zero-order valence-electron chi connectivity index (χ0n) is 17.5. The second-order valence-corrected chi connectivity index (χ2v) is 8.27. The molecule has 30 heavy (non-hydrogen) atoms. The summed E-state index contributed by atoms with van der Waals surface area (Å²) in [5, 5.41) is 7.37. The van der Waals surface area contributed by atoms with E-state index in [4.69, 9.17) is 31.2 Å². The molecule has 0 bridgehead atoms. The normalized spacial score (nSPS) is 12.9. The van der Waals surface area contributed by atoms with Gasteiger partial charge in [-0.25, -0.2) is 4.79 Å². The predicted octanol–water partition coefficient (Wildman–Crippen LogP) is 4.64. The van der Waals surface area contributed by atoms with Crippen molar-refractivity contribution in [2.24, 2.45) is 0 Å². The van der Waals surface area contributed by atoms with Crippen LogP contribution in [-0.2, 0) is 17.6 Å². The third-order valence-electron chi connectivity index (χ3n) is 4.96. The van der Waals surface area contributed by atoms with Gasteiger partial charge in [0.05, 0.1) is 34.0 Å². The number of nitrogens with one attached hydrogen (secondary N) is 2. The van der Waals surface area contributed by atoms with Gasteiger partial charge in [0, 0.05) is 22.7 Å². The van der Waals surface area contributed by atoms with Gasteiger partial charge < -0.3 is 29.6 Å². The average Bonchev–Trinajstić information content (AvgIpc) is 2.92. The van der Waals surface area contributed by atoms with Gasteiger partial charge >= 0.3 is 5.97 Å². The molecule has 1 aromatic heterocycles. The first-order chi connectivity index (χ1) is 14.5. The number of carbonyl (C=O) groups is 1. The van der Waals surface area contributed by atoms with Crippen LogP contribution in [0, 0.1) is 0 Å². The van der Waals surface area contributed by atoms with Crippen LogP contribution >= 0.6 is 23.6 Å². The number of thiophene rings is 1. The summed E-state index contributed by atoms with van der Waals surface area (Å²) in [5.41, 5.74) is 2.34. The Morgan fingerprint density at radius 2 is 1.63 bits per heavy atom. The molecule has 7 nitrogen and oxygen atoms in total. The van der Waals surface area contributed by atoms with E-state index in [1.165, 1.54) is 18.4 Å². The number of thiocarbonyl (C=S) groups is 1. The average molecular weight is 451 g/mol. The molecule has 1 aliphatic rings. The second kappa shape index (κ2) is 9.99. The molecule has 0 saturated carbocycles. The highest BCUT2D eigenvalue weighted by Gasteiger charge is 2.26. The van der Waals surface area contributed by atoms with E-state index in [1.807, 2.05) is 0 Å². The van der Waals surface area contributed by atoms with Crippen LogP contribution in [-0.4, -0.2) is 39.5 Å². The van der Waals surface area contributed by atoms with E-state index in [0.29, 0.717) is 38.6 Å². The standard InChI is InChI=1S/C21H26N2O5S2/c1-25-14-10-12(11-15(26-2)18(14)27-3)22-21(29)23-19-17(20(24)28-4)13-8-6-5-7-9-16(13)30-19/h10-11H,5-9H2,1-4H3,(H2,22,23,29). The Morgan fingerprint density at radius 3 is 2.23 bits per heavy atom. The number of esters is 1. The van der Waals surface area contributed by atoms with E-state index >= 15 is 0 Å². The number of hydrogen-bond donors (Lipinski definition) is 2. The number of hydrogen-bond acceptors (Lipinski definition) is 7. The number of methoxy groups -OCH3 is 4. The summed E-state index contributed by atoms with van der Waals surface area (Å²) in [6, 6.07) is 3.53. The number of fused-ring (bicyclic) bond motifs is 1. The van der Waals surface area contributed by atoms with Crippen molar-refractivity contribution in [2.75, 3.05) is 39.1 Å². The molecule has 2 N–H and O–H groups in total. The Bertz CT molecular complexity index is 917. The molecule has 1 aromatic carbocycles. The van der Waals surface area contributed by atoms with Crippen molar-refractivity contribution in [3.8, 4) is 17.2 Å². The van der Waals surface area contributed by atoms with E-state index < -0.39 is 0 Å².